The minimum Gasteiger partial charge on any atom is -0.657 e. The van der Waals surface area contributed by atoms with Gasteiger partial charge in [0.15, 0.2) is 23.3 Å². The maximum Gasteiger partial charge on any atom is 2.00 e. The molecule has 0 saturated heterocycles. The zero-order valence-corrected chi connectivity index (χ0v) is 69.2. The second-order valence-corrected chi connectivity index (χ2v) is 30.0. The molecule has 0 unspecified atom stereocenters. The molecule has 120 heavy (non-hydrogen) atoms. The Morgan fingerprint density at radius 2 is 0.408 bits per heavy atom. The number of ether oxygens (including phenoxy) is 6. The van der Waals surface area contributed by atoms with E-state index in [1.807, 2.05) is 237 Å². The van der Waals surface area contributed by atoms with Gasteiger partial charge in [-0.15, -0.1) is 22.1 Å². The van der Waals surface area contributed by atoms with Gasteiger partial charge in [0, 0.05) is 16.7 Å². The molecule has 16 heteroatoms. The van der Waals surface area contributed by atoms with Gasteiger partial charge in [-0.3, -0.25) is 0 Å². The van der Waals surface area contributed by atoms with Gasteiger partial charge in [-0.05, 0) is 138 Å². The Balaban J connectivity index is 0.0000118. The largest absolute Gasteiger partial charge is 2.00 e. The molecule has 2 aliphatic heterocycles. The van der Waals surface area contributed by atoms with Crippen molar-refractivity contribution in [3.63, 3.8) is 0 Å². The average molecular weight is 1650 g/mol. The van der Waals surface area contributed by atoms with Crippen LogP contribution in [0.25, 0.3) is 90.9 Å². The SMILES string of the molecule is CCC[C@@H](Oc1cccc(O[C@H](CCC)c2ccccc2)c1-c1c2nc(c(-c3c(O[C@H](CCC)c4ccccc4)cccc3O[C@H](CCC)c3ccccc3)c3ccc([n-]3)c(-c3c(F)c(F)c(F)c(F)c3F)c3nc(c(-c4c(O[C@H](CCC)c5ccccc5)cccc4O[C@H](CCC)c4ccccc4)c4ccc1[n-]4)C=C3)C=C2)c1ccccc1.[Fe+2]. The standard InChI is InChI=1S/C104H95F5N4O6.Fe/c1-7-34-80(66-40-19-13-20-41-66)114-86-52-31-53-87(115-81(35-8-2)67-42-21-14-22-43-67)96(86)92-72-58-60-74(110-72)93(97-88(116-82(36-9-3)68-44-23-15-24-45-68)54-32-55-89(97)117-83(37-10-4)69-46-25-16-26-47-69)76-62-64-78(112-76)95(99-100(105)102(107)104(109)103(108)101(99)106)79-65-63-77(113-79)94(75-61-59-73(92)111-75)98-90(118-84(38-11-5)70-48-27-17-28-49-70)56-33-57-91(98)119-85(39-12-6)71-50-29-18-30-51-71;/h13-33,40-65,80-85H,7-12,34-39H2,1-6H3;/q-2;+2/t80-,81-,82-,83-,84-,85-;/m1./s1. The minimum absolute atomic E-state index is 0. The predicted octanol–water partition coefficient (Wildman–Crippen LogP) is 28.8. The van der Waals surface area contributed by atoms with E-state index in [9.17, 15) is 0 Å². The van der Waals surface area contributed by atoms with Crippen LogP contribution in [0.4, 0.5) is 22.0 Å². The van der Waals surface area contributed by atoms with Gasteiger partial charge in [0.1, 0.15) is 71.1 Å². The predicted molar refractivity (Wildman–Crippen MR) is 467 cm³/mol. The summed E-state index contributed by atoms with van der Waals surface area (Å²) in [5, 5.41) is 0. The Morgan fingerprint density at radius 1 is 0.225 bits per heavy atom. The Bertz CT molecular complexity index is 5530. The monoisotopic (exact) mass is 1650 g/mol. The normalized spacial score (nSPS) is 13.2. The molecule has 0 spiro atoms. The van der Waals surface area contributed by atoms with Crippen LogP contribution in [0.2, 0.25) is 0 Å². The van der Waals surface area contributed by atoms with Gasteiger partial charge in [-0.25, -0.2) is 31.9 Å². The van der Waals surface area contributed by atoms with Crippen molar-refractivity contribution in [1.82, 2.24) is 19.9 Å². The van der Waals surface area contributed by atoms with E-state index in [1.54, 1.807) is 12.1 Å². The van der Waals surface area contributed by atoms with Crippen molar-refractivity contribution in [1.29, 1.82) is 0 Å². The molecule has 0 fully saturated rings. The third-order valence-electron chi connectivity index (χ3n) is 21.7. The first-order valence-electron chi connectivity index (χ1n) is 41.6. The third-order valence-corrected chi connectivity index (χ3v) is 21.7. The third kappa shape index (κ3) is 18.3. The molecule has 5 heterocycles. The van der Waals surface area contributed by atoms with E-state index >= 15 is 22.0 Å². The summed E-state index contributed by atoms with van der Waals surface area (Å²) >= 11 is 0. The van der Waals surface area contributed by atoms with Gasteiger partial charge in [0.25, 0.3) is 0 Å². The van der Waals surface area contributed by atoms with Crippen LogP contribution in [0, 0.1) is 29.1 Å². The van der Waals surface area contributed by atoms with Crippen molar-refractivity contribution in [3.05, 3.63) is 346 Å². The number of aromatic nitrogens is 4. The van der Waals surface area contributed by atoms with E-state index in [0.29, 0.717) is 129 Å². The zero-order valence-electron chi connectivity index (χ0n) is 68.1. The molecule has 610 valence electrons. The van der Waals surface area contributed by atoms with Gasteiger partial charge in [-0.1, -0.05) is 305 Å². The molecule has 15 rings (SSSR count). The molecule has 10 nitrogen and oxygen atoms in total. The van der Waals surface area contributed by atoms with Crippen LogP contribution in [0.3, 0.4) is 0 Å². The van der Waals surface area contributed by atoms with Crippen molar-refractivity contribution in [2.75, 3.05) is 0 Å². The molecule has 2 aliphatic rings. The molecule has 0 N–H and O–H groups in total. The van der Waals surface area contributed by atoms with Crippen molar-refractivity contribution in [2.45, 2.75) is 155 Å². The molecule has 10 aromatic carbocycles. The molecule has 0 radical (unpaired) electrons. The fraction of sp³-hybridized carbons (Fsp3) is 0.231. The first kappa shape index (κ1) is 84.2. The smallest absolute Gasteiger partial charge is 0.657 e. The molecule has 0 amide bonds. The summed E-state index contributed by atoms with van der Waals surface area (Å²) in [4.78, 5) is 22.6. The van der Waals surface area contributed by atoms with Crippen LogP contribution in [0.5, 0.6) is 34.5 Å². The molecule has 3 aromatic heterocycles. The molecule has 0 aliphatic carbocycles. The van der Waals surface area contributed by atoms with Crippen LogP contribution in [0.15, 0.2) is 261 Å². The van der Waals surface area contributed by atoms with Crippen LogP contribution in [-0.2, 0) is 17.1 Å². The van der Waals surface area contributed by atoms with E-state index in [2.05, 4.69) is 65.8 Å². The Hall–Kier alpha value is -12.2. The van der Waals surface area contributed by atoms with E-state index < -0.39 is 76.8 Å². The number of fused-ring (bicyclic) bond motifs is 8. The van der Waals surface area contributed by atoms with Crippen LogP contribution in [0.1, 0.15) is 211 Å². The first-order chi connectivity index (χ1) is 58.4. The number of rotatable bonds is 34. The van der Waals surface area contributed by atoms with E-state index in [4.69, 9.17) is 48.4 Å². The van der Waals surface area contributed by atoms with Gasteiger partial charge >= 0.3 is 17.1 Å². The van der Waals surface area contributed by atoms with Crippen LogP contribution >= 0.6 is 0 Å². The van der Waals surface area contributed by atoms with Gasteiger partial charge in [0.05, 0.1) is 45.0 Å². The maximum absolute atomic E-state index is 17.6. The summed E-state index contributed by atoms with van der Waals surface area (Å²) in [5.74, 6) is -8.41. The quantitative estimate of drug-likeness (QED) is 0.0167. The van der Waals surface area contributed by atoms with E-state index in [-0.39, 0.29) is 39.5 Å². The van der Waals surface area contributed by atoms with Gasteiger partial charge < -0.3 is 38.4 Å². The number of hydrogen-bond acceptors (Lipinski definition) is 8. The Labute approximate surface area is 709 Å². The van der Waals surface area contributed by atoms with Crippen molar-refractivity contribution in [3.8, 4) is 79.0 Å². The number of halogens is 5. The van der Waals surface area contributed by atoms with E-state index in [0.717, 1.165) is 71.9 Å². The first-order valence-corrected chi connectivity index (χ1v) is 41.6. The summed E-state index contributed by atoms with van der Waals surface area (Å²) in [5.41, 5.74) is 7.64. The van der Waals surface area contributed by atoms with E-state index in [1.165, 1.54) is 12.1 Å². The summed E-state index contributed by atoms with van der Waals surface area (Å²) in [7, 11) is 0. The summed E-state index contributed by atoms with van der Waals surface area (Å²) in [6, 6.07) is 84.3. The van der Waals surface area contributed by atoms with Crippen LogP contribution in [-0.4, -0.2) is 9.97 Å². The molecular formula is C104H95F5FeN4O6. The fourth-order valence-corrected chi connectivity index (χ4v) is 16.1. The zero-order chi connectivity index (χ0) is 82.3. The van der Waals surface area contributed by atoms with Crippen LogP contribution < -0.4 is 38.4 Å². The summed E-state index contributed by atoms with van der Waals surface area (Å²) < 4.78 is 129. The number of benzene rings is 10. The minimum atomic E-state index is -2.33. The average Bonchev–Trinajstić information content (AvgIpc) is 1.59. The molecule has 13 aromatic rings. The second kappa shape index (κ2) is 39.6. The molecule has 8 bridgehead atoms. The topological polar surface area (TPSA) is 109 Å². The van der Waals surface area contributed by atoms with Gasteiger partial charge in [0.2, 0.25) is 5.82 Å². The number of hydrogen-bond donors (Lipinski definition) is 0. The summed E-state index contributed by atoms with van der Waals surface area (Å²) in [6.07, 6.45) is 12.2. The Morgan fingerprint density at radius 3 is 0.600 bits per heavy atom. The van der Waals surface area contributed by atoms with Crippen molar-refractivity contribution in [2.24, 2.45) is 0 Å². The fourth-order valence-electron chi connectivity index (χ4n) is 16.1. The van der Waals surface area contributed by atoms with Gasteiger partial charge in [-0.2, -0.15) is 0 Å². The second-order valence-electron chi connectivity index (χ2n) is 30.0. The molecule has 6 atom stereocenters. The van der Waals surface area contributed by atoms with Crippen molar-refractivity contribution >= 4 is 46.4 Å². The summed E-state index contributed by atoms with van der Waals surface area (Å²) in [6.45, 7) is 12.7. The van der Waals surface area contributed by atoms with Crippen molar-refractivity contribution < 1.29 is 67.4 Å². The maximum atomic E-state index is 17.6. The molecular weight excluding hydrogens is 1550 g/mol. The molecule has 0 saturated carbocycles. The number of nitrogens with zero attached hydrogens (tertiary/aromatic N) is 4. The Kier molecular flexibility index (Phi) is 27.8.